The lowest BCUT2D eigenvalue weighted by Gasteiger charge is -2.28. The predicted octanol–water partition coefficient (Wildman–Crippen LogP) is 4.74. The van der Waals surface area contributed by atoms with Crippen molar-refractivity contribution in [2.45, 2.75) is 17.2 Å². The molecule has 30 heavy (non-hydrogen) atoms. The topological polar surface area (TPSA) is 81.7 Å². The Hall–Kier alpha value is -2.10. The smallest absolute Gasteiger partial charge is 0.264 e. The van der Waals surface area contributed by atoms with E-state index in [1.807, 2.05) is 18.2 Å². The number of hydrogen-bond donors (Lipinski definition) is 1. The Labute approximate surface area is 190 Å². The van der Waals surface area contributed by atoms with Gasteiger partial charge in [0, 0.05) is 5.39 Å². The third-order valence-corrected chi connectivity index (χ3v) is 7.56. The molecule has 3 aromatic rings. The molecule has 0 aromatic heterocycles. The Balaban J connectivity index is 1.74. The highest BCUT2D eigenvalue weighted by atomic mass is 79.9. The average molecular weight is 555 g/mol. The third kappa shape index (κ3) is 3.70. The van der Waals surface area contributed by atoms with Crippen molar-refractivity contribution in [3.8, 4) is 11.5 Å². The van der Waals surface area contributed by atoms with E-state index in [0.29, 0.717) is 37.8 Å². The van der Waals surface area contributed by atoms with Crippen molar-refractivity contribution in [3.63, 3.8) is 0 Å². The molecule has 1 unspecified atom stereocenters. The van der Waals surface area contributed by atoms with Crippen molar-refractivity contribution in [2.75, 3.05) is 13.7 Å². The lowest BCUT2D eigenvalue weighted by molar-refractivity contribution is -0.121. The number of amides is 1. The van der Waals surface area contributed by atoms with Crippen LogP contribution >= 0.6 is 31.9 Å². The normalized spacial score (nSPS) is 15.9. The minimum atomic E-state index is -4.08. The van der Waals surface area contributed by atoms with Gasteiger partial charge in [-0.05, 0) is 55.8 Å². The van der Waals surface area contributed by atoms with Crippen LogP contribution in [0.2, 0.25) is 0 Å². The van der Waals surface area contributed by atoms with Crippen LogP contribution in [0.4, 0.5) is 0 Å². The maximum atomic E-state index is 13.1. The molecule has 3 aromatic carbocycles. The van der Waals surface area contributed by atoms with Gasteiger partial charge >= 0.3 is 0 Å². The summed E-state index contributed by atoms with van der Waals surface area (Å²) >= 11 is 6.87. The first-order valence-corrected chi connectivity index (χ1v) is 12.1. The van der Waals surface area contributed by atoms with Gasteiger partial charge in [0.2, 0.25) is 5.91 Å². The predicted molar refractivity (Wildman–Crippen MR) is 121 cm³/mol. The van der Waals surface area contributed by atoms with Gasteiger partial charge in [0.1, 0.15) is 11.5 Å². The largest absolute Gasteiger partial charge is 0.495 e. The van der Waals surface area contributed by atoms with Gasteiger partial charge in [-0.15, -0.1) is 0 Å². The molecule has 0 spiro atoms. The third-order valence-electron chi connectivity index (χ3n) is 4.97. The van der Waals surface area contributed by atoms with E-state index in [4.69, 9.17) is 9.47 Å². The SMILES string of the molecule is COc1c(Br)cc(Br)c2c1C(C(=O)NS(=O)(=O)c1cccc3ccccc13)CCO2. The Kier molecular flexibility index (Phi) is 5.78. The number of sulfonamides is 1. The van der Waals surface area contributed by atoms with E-state index in [2.05, 4.69) is 36.6 Å². The van der Waals surface area contributed by atoms with Gasteiger partial charge in [-0.25, -0.2) is 13.1 Å². The van der Waals surface area contributed by atoms with Gasteiger partial charge in [-0.3, -0.25) is 4.79 Å². The van der Waals surface area contributed by atoms with Gasteiger partial charge in [-0.1, -0.05) is 36.4 Å². The van der Waals surface area contributed by atoms with E-state index in [1.54, 1.807) is 24.3 Å². The highest BCUT2D eigenvalue weighted by molar-refractivity contribution is 9.11. The minimum Gasteiger partial charge on any atom is -0.495 e. The van der Waals surface area contributed by atoms with Crippen molar-refractivity contribution in [1.29, 1.82) is 0 Å². The fourth-order valence-corrected chi connectivity index (χ4v) is 6.37. The molecule has 0 saturated carbocycles. The summed E-state index contributed by atoms with van der Waals surface area (Å²) in [4.78, 5) is 13.2. The Bertz CT molecular complexity index is 1230. The number of fused-ring (bicyclic) bond motifs is 2. The van der Waals surface area contributed by atoms with Crippen LogP contribution in [0.3, 0.4) is 0 Å². The molecule has 0 saturated heterocycles. The Morgan fingerprint density at radius 1 is 1.13 bits per heavy atom. The number of hydrogen-bond acceptors (Lipinski definition) is 5. The molecule has 0 aliphatic carbocycles. The van der Waals surface area contributed by atoms with E-state index in [-0.39, 0.29) is 11.5 Å². The first kappa shape index (κ1) is 21.1. The van der Waals surface area contributed by atoms with Crippen LogP contribution in [0, 0.1) is 0 Å². The van der Waals surface area contributed by atoms with Crippen molar-refractivity contribution >= 4 is 58.6 Å². The molecule has 0 fully saturated rings. The molecule has 6 nitrogen and oxygen atoms in total. The quantitative estimate of drug-likeness (QED) is 0.503. The summed E-state index contributed by atoms with van der Waals surface area (Å²) in [5, 5.41) is 1.33. The molecule has 1 N–H and O–H groups in total. The summed E-state index contributed by atoms with van der Waals surface area (Å²) in [6.07, 6.45) is 0.323. The molecule has 0 radical (unpaired) electrons. The maximum absolute atomic E-state index is 13.1. The summed E-state index contributed by atoms with van der Waals surface area (Å²) in [5.41, 5.74) is 0.510. The van der Waals surface area contributed by atoms with E-state index in [0.717, 1.165) is 5.39 Å². The van der Waals surface area contributed by atoms with E-state index >= 15 is 0 Å². The van der Waals surface area contributed by atoms with E-state index in [1.165, 1.54) is 13.2 Å². The molecule has 4 rings (SSSR count). The van der Waals surface area contributed by atoms with E-state index in [9.17, 15) is 13.2 Å². The van der Waals surface area contributed by atoms with Gasteiger partial charge in [-0.2, -0.15) is 0 Å². The molecule has 1 amide bonds. The highest BCUT2D eigenvalue weighted by Crippen LogP contribution is 2.48. The molecule has 156 valence electrons. The second-order valence-corrected chi connectivity index (χ2v) is 10.1. The molecule has 1 heterocycles. The zero-order valence-electron chi connectivity index (χ0n) is 15.8. The molecular formula is C21H17Br2NO5S. The average Bonchev–Trinajstić information content (AvgIpc) is 2.73. The van der Waals surface area contributed by atoms with Crippen molar-refractivity contribution < 1.29 is 22.7 Å². The number of rotatable bonds is 4. The maximum Gasteiger partial charge on any atom is 0.264 e. The number of halogens is 2. The first-order chi connectivity index (χ1) is 14.3. The van der Waals surface area contributed by atoms with Crippen LogP contribution in [-0.2, 0) is 14.8 Å². The molecule has 0 bridgehead atoms. The summed E-state index contributed by atoms with van der Waals surface area (Å²) < 4.78 is 40.9. The number of carbonyl (C=O) groups is 1. The monoisotopic (exact) mass is 553 g/mol. The van der Waals surface area contributed by atoms with Gasteiger partial charge in [0.25, 0.3) is 10.0 Å². The van der Waals surface area contributed by atoms with Crippen LogP contribution < -0.4 is 14.2 Å². The Morgan fingerprint density at radius 3 is 2.63 bits per heavy atom. The molecule has 1 aliphatic heterocycles. The van der Waals surface area contributed by atoms with Gasteiger partial charge < -0.3 is 9.47 Å². The summed E-state index contributed by atoms with van der Waals surface area (Å²) in [5.74, 6) is -0.461. The van der Waals surface area contributed by atoms with Crippen LogP contribution in [0.15, 0.2) is 62.4 Å². The van der Waals surface area contributed by atoms with Crippen LogP contribution in [0.5, 0.6) is 11.5 Å². The standard InChI is InChI=1S/C21H17Br2NO5S/c1-28-19-15(22)11-16(23)20-18(19)14(9-10-29-20)21(25)24-30(26,27)17-8-4-6-12-5-2-3-7-13(12)17/h2-8,11,14H,9-10H2,1H3,(H,24,25). The molecular weight excluding hydrogens is 538 g/mol. The van der Waals surface area contributed by atoms with Gasteiger partial charge in [0.15, 0.2) is 0 Å². The number of ether oxygens (including phenoxy) is 2. The number of nitrogens with one attached hydrogen (secondary N) is 1. The van der Waals surface area contributed by atoms with Crippen LogP contribution in [0.1, 0.15) is 17.9 Å². The van der Waals surface area contributed by atoms with Gasteiger partial charge in [0.05, 0.1) is 39.0 Å². The first-order valence-electron chi connectivity index (χ1n) is 9.06. The summed E-state index contributed by atoms with van der Waals surface area (Å²) in [6.45, 7) is 0.281. The highest BCUT2D eigenvalue weighted by Gasteiger charge is 2.35. The molecule has 9 heteroatoms. The van der Waals surface area contributed by atoms with Crippen molar-refractivity contribution in [2.24, 2.45) is 0 Å². The second kappa shape index (κ2) is 8.20. The number of benzene rings is 3. The minimum absolute atomic E-state index is 0.0589. The number of methoxy groups -OCH3 is 1. The molecule has 1 atom stereocenters. The second-order valence-electron chi connectivity index (χ2n) is 6.75. The fourth-order valence-electron chi connectivity index (χ4n) is 3.65. The van der Waals surface area contributed by atoms with Crippen molar-refractivity contribution in [1.82, 2.24) is 4.72 Å². The molecule has 1 aliphatic rings. The van der Waals surface area contributed by atoms with Crippen molar-refractivity contribution in [3.05, 3.63) is 63.0 Å². The Morgan fingerprint density at radius 2 is 1.87 bits per heavy atom. The summed E-state index contributed by atoms with van der Waals surface area (Å²) in [6, 6.07) is 13.9. The zero-order valence-corrected chi connectivity index (χ0v) is 19.8. The fraction of sp³-hybridized carbons (Fsp3) is 0.190. The lowest BCUT2D eigenvalue weighted by Crippen LogP contribution is -2.37. The number of carbonyl (C=O) groups excluding carboxylic acids is 1. The lowest BCUT2D eigenvalue weighted by atomic mass is 9.91. The zero-order chi connectivity index (χ0) is 21.5. The van der Waals surface area contributed by atoms with E-state index < -0.39 is 21.8 Å². The van der Waals surface area contributed by atoms with Crippen LogP contribution in [0.25, 0.3) is 10.8 Å². The van der Waals surface area contributed by atoms with Crippen LogP contribution in [-0.4, -0.2) is 28.0 Å². The summed E-state index contributed by atoms with van der Waals surface area (Å²) in [7, 11) is -2.59.